The number of benzene rings is 1. The van der Waals surface area contributed by atoms with Crippen molar-refractivity contribution in [1.29, 1.82) is 0 Å². The van der Waals surface area contributed by atoms with Crippen LogP contribution in [0.4, 0.5) is 4.39 Å². The summed E-state index contributed by atoms with van der Waals surface area (Å²) in [6, 6.07) is 4.62. The Morgan fingerprint density at radius 3 is 2.95 bits per heavy atom. The van der Waals surface area contributed by atoms with Gasteiger partial charge in [0.25, 0.3) is 0 Å². The van der Waals surface area contributed by atoms with Crippen LogP contribution < -0.4 is 0 Å². The molecule has 104 valence electrons. The summed E-state index contributed by atoms with van der Waals surface area (Å²) >= 11 is 6.05. The Kier molecular flexibility index (Phi) is 3.34. The fourth-order valence-corrected chi connectivity index (χ4v) is 2.97. The molecule has 0 saturated carbocycles. The number of rotatable bonds is 2. The van der Waals surface area contributed by atoms with Crippen LogP contribution in [0.15, 0.2) is 18.2 Å². The summed E-state index contributed by atoms with van der Waals surface area (Å²) in [5.74, 6) is -0.212. The van der Waals surface area contributed by atoms with Crippen molar-refractivity contribution in [3.05, 3.63) is 51.6 Å². The minimum absolute atomic E-state index is 0.134. The number of Topliss-reactive ketones (excluding diaryl/α,β-unsaturated/α-hetero) is 1. The van der Waals surface area contributed by atoms with Crippen molar-refractivity contribution in [2.45, 2.75) is 32.7 Å². The highest BCUT2D eigenvalue weighted by Crippen LogP contribution is 2.26. The summed E-state index contributed by atoms with van der Waals surface area (Å²) in [7, 11) is 0. The van der Waals surface area contributed by atoms with Crippen molar-refractivity contribution >= 4 is 17.4 Å². The number of halogens is 2. The molecular weight excluding hydrogens is 279 g/mol. The van der Waals surface area contributed by atoms with Crippen molar-refractivity contribution in [1.82, 2.24) is 9.78 Å². The minimum Gasteiger partial charge on any atom is -0.294 e. The Balaban J connectivity index is 2.04. The van der Waals surface area contributed by atoms with Crippen molar-refractivity contribution < 1.29 is 9.18 Å². The predicted octanol–water partition coefficient (Wildman–Crippen LogP) is 3.55. The molecule has 3 nitrogen and oxygen atoms in total. The van der Waals surface area contributed by atoms with E-state index in [0.29, 0.717) is 22.6 Å². The normalized spacial score (nSPS) is 14.4. The molecule has 0 N–H and O–H groups in total. The van der Waals surface area contributed by atoms with Crippen LogP contribution >= 0.6 is 11.6 Å². The van der Waals surface area contributed by atoms with Crippen LogP contribution in [0.2, 0.25) is 5.02 Å². The van der Waals surface area contributed by atoms with E-state index in [0.717, 1.165) is 24.2 Å². The van der Waals surface area contributed by atoms with Crippen LogP contribution in [-0.4, -0.2) is 15.6 Å². The number of aryl methyl sites for hydroxylation is 1. The Morgan fingerprint density at radius 1 is 1.40 bits per heavy atom. The van der Waals surface area contributed by atoms with Crippen LogP contribution in [0.5, 0.6) is 0 Å². The summed E-state index contributed by atoms with van der Waals surface area (Å²) in [6.45, 7) is 2.08. The maximum absolute atomic E-state index is 13.9. The lowest BCUT2D eigenvalue weighted by Crippen LogP contribution is -2.15. The molecule has 0 radical (unpaired) electrons. The number of hydrogen-bond donors (Lipinski definition) is 0. The van der Waals surface area contributed by atoms with E-state index in [1.165, 1.54) is 6.07 Å². The van der Waals surface area contributed by atoms with Gasteiger partial charge in [-0.2, -0.15) is 5.10 Å². The molecular formula is C15H14ClFN2O. The van der Waals surface area contributed by atoms with Gasteiger partial charge in [-0.05, 0) is 31.9 Å². The van der Waals surface area contributed by atoms with Gasteiger partial charge < -0.3 is 0 Å². The third-order valence-corrected chi connectivity index (χ3v) is 4.05. The van der Waals surface area contributed by atoms with Crippen molar-refractivity contribution in [2.75, 3.05) is 0 Å². The second-order valence-electron chi connectivity index (χ2n) is 5.04. The molecule has 1 aliphatic carbocycles. The summed E-state index contributed by atoms with van der Waals surface area (Å²) in [4.78, 5) is 12.0. The van der Waals surface area contributed by atoms with Gasteiger partial charge in [-0.1, -0.05) is 17.7 Å². The Hall–Kier alpha value is -1.68. The molecule has 20 heavy (non-hydrogen) atoms. The lowest BCUT2D eigenvalue weighted by atomic mass is 9.94. The topological polar surface area (TPSA) is 34.9 Å². The summed E-state index contributed by atoms with van der Waals surface area (Å²) in [5, 5.41) is 4.77. The van der Waals surface area contributed by atoms with Gasteiger partial charge in [0, 0.05) is 22.7 Å². The zero-order chi connectivity index (χ0) is 14.3. The Morgan fingerprint density at radius 2 is 2.20 bits per heavy atom. The number of nitrogens with zero attached hydrogens (tertiary/aromatic N) is 2. The van der Waals surface area contributed by atoms with Gasteiger partial charge in [0.15, 0.2) is 5.78 Å². The molecule has 0 aliphatic heterocycles. The molecule has 0 unspecified atom stereocenters. The zero-order valence-corrected chi connectivity index (χ0v) is 11.9. The smallest absolute Gasteiger partial charge is 0.166 e. The molecule has 0 spiro atoms. The Labute approximate surface area is 121 Å². The first kappa shape index (κ1) is 13.3. The van der Waals surface area contributed by atoms with Crippen LogP contribution in [0, 0.1) is 12.7 Å². The first-order valence-corrected chi connectivity index (χ1v) is 6.98. The highest BCUT2D eigenvalue weighted by atomic mass is 35.5. The predicted molar refractivity (Wildman–Crippen MR) is 74.7 cm³/mol. The van der Waals surface area contributed by atoms with Gasteiger partial charge in [0.2, 0.25) is 0 Å². The SMILES string of the molecule is Cc1nn(Cc2c(F)cccc2Cl)c2c1C(=O)CCC2. The van der Waals surface area contributed by atoms with E-state index >= 15 is 0 Å². The van der Waals surface area contributed by atoms with E-state index in [1.807, 2.05) is 6.92 Å². The van der Waals surface area contributed by atoms with E-state index in [9.17, 15) is 9.18 Å². The number of ketones is 1. The lowest BCUT2D eigenvalue weighted by molar-refractivity contribution is 0.0971. The Bertz CT molecular complexity index is 673. The van der Waals surface area contributed by atoms with Gasteiger partial charge in [-0.15, -0.1) is 0 Å². The summed E-state index contributed by atoms with van der Waals surface area (Å²) < 4.78 is 15.6. The quantitative estimate of drug-likeness (QED) is 0.848. The van der Waals surface area contributed by atoms with E-state index in [-0.39, 0.29) is 18.1 Å². The van der Waals surface area contributed by atoms with Gasteiger partial charge in [-0.25, -0.2) is 4.39 Å². The molecule has 0 atom stereocenters. The lowest BCUT2D eigenvalue weighted by Gasteiger charge is -2.14. The van der Waals surface area contributed by atoms with Gasteiger partial charge in [0.1, 0.15) is 5.82 Å². The fourth-order valence-electron chi connectivity index (χ4n) is 2.75. The fraction of sp³-hybridized carbons (Fsp3) is 0.333. The maximum Gasteiger partial charge on any atom is 0.166 e. The van der Waals surface area contributed by atoms with Gasteiger partial charge >= 0.3 is 0 Å². The van der Waals surface area contributed by atoms with Crippen molar-refractivity contribution in [3.8, 4) is 0 Å². The largest absolute Gasteiger partial charge is 0.294 e. The summed E-state index contributed by atoms with van der Waals surface area (Å²) in [6.07, 6.45) is 2.19. The van der Waals surface area contributed by atoms with Crippen LogP contribution in [0.3, 0.4) is 0 Å². The molecule has 1 aromatic heterocycles. The minimum atomic E-state index is -0.346. The van der Waals surface area contributed by atoms with Crippen molar-refractivity contribution in [3.63, 3.8) is 0 Å². The van der Waals surface area contributed by atoms with E-state index < -0.39 is 0 Å². The molecule has 0 fully saturated rings. The van der Waals surface area contributed by atoms with Crippen LogP contribution in [0.25, 0.3) is 0 Å². The molecule has 1 aromatic carbocycles. The monoisotopic (exact) mass is 292 g/mol. The summed E-state index contributed by atoms with van der Waals surface area (Å²) in [5.41, 5.74) is 2.75. The third-order valence-electron chi connectivity index (χ3n) is 3.70. The average molecular weight is 293 g/mol. The number of carbonyl (C=O) groups is 1. The van der Waals surface area contributed by atoms with Gasteiger partial charge in [-0.3, -0.25) is 9.48 Å². The van der Waals surface area contributed by atoms with Crippen molar-refractivity contribution in [2.24, 2.45) is 0 Å². The van der Waals surface area contributed by atoms with Gasteiger partial charge in [0.05, 0.1) is 17.8 Å². The van der Waals surface area contributed by atoms with Crippen LogP contribution in [-0.2, 0) is 13.0 Å². The molecule has 5 heteroatoms. The highest BCUT2D eigenvalue weighted by molar-refractivity contribution is 6.31. The first-order chi connectivity index (χ1) is 9.58. The first-order valence-electron chi connectivity index (χ1n) is 6.60. The molecule has 2 aromatic rings. The zero-order valence-electron chi connectivity index (χ0n) is 11.1. The molecule has 0 bridgehead atoms. The van der Waals surface area contributed by atoms with Crippen LogP contribution in [0.1, 0.15) is 40.2 Å². The van der Waals surface area contributed by atoms with E-state index in [2.05, 4.69) is 5.10 Å². The number of fused-ring (bicyclic) bond motifs is 1. The van der Waals surface area contributed by atoms with E-state index in [4.69, 9.17) is 11.6 Å². The standard InChI is InChI=1S/C15H14ClFN2O/c1-9-15-13(6-3-7-14(15)20)19(18-9)8-10-11(16)4-2-5-12(10)17/h2,4-5H,3,6-8H2,1H3. The highest BCUT2D eigenvalue weighted by Gasteiger charge is 2.25. The third kappa shape index (κ3) is 2.14. The molecule has 0 saturated heterocycles. The molecule has 0 amide bonds. The second-order valence-corrected chi connectivity index (χ2v) is 5.45. The number of hydrogen-bond acceptors (Lipinski definition) is 2. The maximum atomic E-state index is 13.9. The number of aromatic nitrogens is 2. The molecule has 1 aliphatic rings. The number of carbonyl (C=O) groups excluding carboxylic acids is 1. The molecule has 1 heterocycles. The molecule has 3 rings (SSSR count). The van der Waals surface area contributed by atoms with E-state index in [1.54, 1.807) is 16.8 Å². The average Bonchev–Trinajstić information content (AvgIpc) is 2.72. The second kappa shape index (κ2) is 5.02.